The summed E-state index contributed by atoms with van der Waals surface area (Å²) >= 11 is 0. The summed E-state index contributed by atoms with van der Waals surface area (Å²) in [5.41, 5.74) is 1.90. The van der Waals surface area contributed by atoms with Gasteiger partial charge < -0.3 is 5.11 Å². The van der Waals surface area contributed by atoms with Crippen molar-refractivity contribution in [1.82, 2.24) is 0 Å². The van der Waals surface area contributed by atoms with Crippen LogP contribution in [0.15, 0.2) is 35.6 Å². The lowest BCUT2D eigenvalue weighted by molar-refractivity contribution is 0.0915. The van der Waals surface area contributed by atoms with Crippen molar-refractivity contribution in [1.29, 1.82) is 0 Å². The van der Waals surface area contributed by atoms with E-state index in [0.29, 0.717) is 16.7 Å². The van der Waals surface area contributed by atoms with E-state index in [9.17, 15) is 14.7 Å². The Morgan fingerprint density at radius 1 is 0.913 bits per heavy atom. The molecule has 0 unspecified atom stereocenters. The summed E-state index contributed by atoms with van der Waals surface area (Å²) in [5.74, 6) is -0.853. The second-order valence-corrected chi connectivity index (χ2v) is 13.4. The van der Waals surface area contributed by atoms with E-state index in [2.05, 4.69) is 19.6 Å². The molecular formula is C19H24O3Si. The summed E-state index contributed by atoms with van der Waals surface area (Å²) in [7, 11) is -1.17. The molecule has 0 atom stereocenters. The van der Waals surface area contributed by atoms with Crippen molar-refractivity contribution in [2.24, 2.45) is 5.92 Å². The Kier molecular flexibility index (Phi) is 4.04. The van der Waals surface area contributed by atoms with Crippen LogP contribution < -0.4 is 0 Å². The van der Waals surface area contributed by atoms with Gasteiger partial charge in [-0.1, -0.05) is 56.7 Å². The zero-order chi connectivity index (χ0) is 16.8. The van der Waals surface area contributed by atoms with Gasteiger partial charge in [-0.05, 0) is 24.3 Å². The van der Waals surface area contributed by atoms with Gasteiger partial charge in [0.2, 0.25) is 5.78 Å². The minimum Gasteiger partial charge on any atom is -0.504 e. The molecule has 0 heterocycles. The van der Waals surface area contributed by atoms with Crippen molar-refractivity contribution in [3.8, 4) is 0 Å². The van der Waals surface area contributed by atoms with Crippen LogP contribution in [0.1, 0.15) is 46.4 Å². The Balaban J connectivity index is 1.88. The van der Waals surface area contributed by atoms with Crippen molar-refractivity contribution in [3.05, 3.63) is 46.7 Å². The van der Waals surface area contributed by atoms with Crippen LogP contribution in [0.2, 0.25) is 25.2 Å². The molecule has 4 heteroatoms. The van der Waals surface area contributed by atoms with Crippen LogP contribution in [0.5, 0.6) is 0 Å². The summed E-state index contributed by atoms with van der Waals surface area (Å²) in [4.78, 5) is 25.2. The van der Waals surface area contributed by atoms with Gasteiger partial charge >= 0.3 is 0 Å². The molecule has 2 aliphatic rings. The van der Waals surface area contributed by atoms with Crippen molar-refractivity contribution in [2.45, 2.75) is 50.9 Å². The van der Waals surface area contributed by atoms with E-state index in [1.807, 2.05) is 0 Å². The number of ketones is 2. The number of aliphatic hydroxyl groups excluding tert-OH is 1. The molecule has 0 bridgehead atoms. The molecule has 2 aliphatic carbocycles. The molecule has 0 spiro atoms. The lowest BCUT2D eigenvalue weighted by atomic mass is 9.76. The quantitative estimate of drug-likeness (QED) is 0.795. The highest BCUT2D eigenvalue weighted by Gasteiger charge is 2.39. The van der Waals surface area contributed by atoms with Gasteiger partial charge in [0.15, 0.2) is 11.5 Å². The predicted octanol–water partition coefficient (Wildman–Crippen LogP) is 4.78. The largest absolute Gasteiger partial charge is 0.504 e. The molecule has 3 nitrogen and oxygen atoms in total. The molecule has 0 aromatic heterocycles. The number of aliphatic hydroxyl groups is 1. The second-order valence-electron chi connectivity index (χ2n) is 7.88. The number of carbonyl (C=O) groups excluding carboxylic acids is 2. The molecule has 1 saturated carbocycles. The highest BCUT2D eigenvalue weighted by molar-refractivity contribution is 6.77. The molecular weight excluding hydrogens is 304 g/mol. The van der Waals surface area contributed by atoms with Crippen LogP contribution in [-0.4, -0.2) is 24.7 Å². The molecule has 1 aromatic carbocycles. The third kappa shape index (κ3) is 2.80. The normalized spacial score (nSPS) is 25.5. The summed E-state index contributed by atoms with van der Waals surface area (Å²) in [6.45, 7) is 7.17. The first-order valence-corrected chi connectivity index (χ1v) is 12.0. The first-order valence-electron chi connectivity index (χ1n) is 8.42. The fourth-order valence-corrected chi connectivity index (χ4v) is 6.07. The summed E-state index contributed by atoms with van der Waals surface area (Å²) in [6.07, 6.45) is 3.99. The van der Waals surface area contributed by atoms with E-state index in [4.69, 9.17) is 0 Å². The van der Waals surface area contributed by atoms with Gasteiger partial charge in [-0.15, -0.1) is 0 Å². The Labute approximate surface area is 138 Å². The number of carbonyl (C=O) groups is 2. The van der Waals surface area contributed by atoms with Crippen LogP contribution in [0.3, 0.4) is 0 Å². The zero-order valence-corrected chi connectivity index (χ0v) is 15.1. The van der Waals surface area contributed by atoms with Gasteiger partial charge in [0.1, 0.15) is 0 Å². The molecule has 0 amide bonds. The number of hydrogen-bond donors (Lipinski definition) is 1. The molecule has 1 N–H and O–H groups in total. The maximum atomic E-state index is 12.8. The fourth-order valence-electron chi connectivity index (χ4n) is 4.01. The SMILES string of the molecule is C[Si](C)(C)C1CCC(C2=C(O)C(=O)c3ccccc3C2=O)CC1. The fraction of sp³-hybridized carbons (Fsp3) is 0.474. The predicted molar refractivity (Wildman–Crippen MR) is 93.8 cm³/mol. The average Bonchev–Trinajstić information content (AvgIpc) is 2.53. The summed E-state index contributed by atoms with van der Waals surface area (Å²) < 4.78 is 0. The zero-order valence-electron chi connectivity index (χ0n) is 14.1. The minimum atomic E-state index is -1.17. The maximum absolute atomic E-state index is 12.8. The van der Waals surface area contributed by atoms with Crippen molar-refractivity contribution >= 4 is 19.6 Å². The smallest absolute Gasteiger partial charge is 0.228 e. The van der Waals surface area contributed by atoms with E-state index in [1.165, 1.54) is 0 Å². The average molecular weight is 328 g/mol. The standard InChI is InChI=1S/C19H24O3Si/c1-23(2,3)13-10-8-12(9-11-13)16-17(20)14-6-4-5-7-15(14)18(21)19(16)22/h4-7,12-13,22H,8-11H2,1-3H3. The number of rotatable bonds is 2. The van der Waals surface area contributed by atoms with Crippen LogP contribution in [0.4, 0.5) is 0 Å². The number of benzene rings is 1. The minimum absolute atomic E-state index is 0.0207. The topological polar surface area (TPSA) is 54.4 Å². The van der Waals surface area contributed by atoms with Gasteiger partial charge in [-0.25, -0.2) is 0 Å². The molecule has 0 saturated heterocycles. The summed E-state index contributed by atoms with van der Waals surface area (Å²) in [6, 6.07) is 6.80. The van der Waals surface area contributed by atoms with E-state index >= 15 is 0 Å². The molecule has 0 radical (unpaired) electrons. The monoisotopic (exact) mass is 328 g/mol. The first-order chi connectivity index (χ1) is 10.8. The lowest BCUT2D eigenvalue weighted by Crippen LogP contribution is -2.33. The van der Waals surface area contributed by atoms with Crippen LogP contribution >= 0.6 is 0 Å². The van der Waals surface area contributed by atoms with Gasteiger partial charge in [-0.2, -0.15) is 0 Å². The summed E-state index contributed by atoms with van der Waals surface area (Å²) in [5, 5.41) is 10.4. The molecule has 1 fully saturated rings. The molecule has 1 aromatic rings. The van der Waals surface area contributed by atoms with Crippen LogP contribution in [-0.2, 0) is 0 Å². The Morgan fingerprint density at radius 2 is 1.43 bits per heavy atom. The molecule has 23 heavy (non-hydrogen) atoms. The number of hydrogen-bond acceptors (Lipinski definition) is 3. The van der Waals surface area contributed by atoms with E-state index in [1.54, 1.807) is 24.3 Å². The highest BCUT2D eigenvalue weighted by Crippen LogP contribution is 2.43. The number of fused-ring (bicyclic) bond motifs is 1. The first kappa shape index (κ1) is 16.2. The Hall–Kier alpha value is -1.68. The second kappa shape index (κ2) is 5.75. The van der Waals surface area contributed by atoms with Gasteiger partial charge in [0, 0.05) is 24.8 Å². The third-order valence-electron chi connectivity index (χ3n) is 5.49. The Morgan fingerprint density at radius 3 is 1.96 bits per heavy atom. The lowest BCUT2D eigenvalue weighted by Gasteiger charge is -2.37. The van der Waals surface area contributed by atoms with Crippen molar-refractivity contribution < 1.29 is 14.7 Å². The van der Waals surface area contributed by atoms with E-state index in [-0.39, 0.29) is 17.5 Å². The van der Waals surface area contributed by atoms with Crippen LogP contribution in [0.25, 0.3) is 0 Å². The van der Waals surface area contributed by atoms with E-state index in [0.717, 1.165) is 31.2 Å². The third-order valence-corrected chi connectivity index (χ3v) is 8.52. The number of allylic oxidation sites excluding steroid dienone is 2. The van der Waals surface area contributed by atoms with Crippen molar-refractivity contribution in [3.63, 3.8) is 0 Å². The van der Waals surface area contributed by atoms with Gasteiger partial charge in [0.05, 0.1) is 0 Å². The molecule has 0 aliphatic heterocycles. The van der Waals surface area contributed by atoms with Crippen LogP contribution in [0, 0.1) is 5.92 Å². The van der Waals surface area contributed by atoms with Gasteiger partial charge in [-0.3, -0.25) is 9.59 Å². The number of Topliss-reactive ketones (excluding diaryl/α,β-unsaturated/α-hetero) is 2. The van der Waals surface area contributed by atoms with Gasteiger partial charge in [0.25, 0.3) is 0 Å². The highest BCUT2D eigenvalue weighted by atomic mass is 28.3. The molecule has 3 rings (SSSR count). The molecule has 122 valence electrons. The van der Waals surface area contributed by atoms with E-state index < -0.39 is 13.9 Å². The Bertz CT molecular complexity index is 689. The van der Waals surface area contributed by atoms with Crippen molar-refractivity contribution in [2.75, 3.05) is 0 Å². The maximum Gasteiger partial charge on any atom is 0.228 e.